The summed E-state index contributed by atoms with van der Waals surface area (Å²) < 4.78 is 0. The van der Waals surface area contributed by atoms with Crippen molar-refractivity contribution in [2.24, 2.45) is 5.73 Å². The van der Waals surface area contributed by atoms with Crippen LogP contribution in [-0.2, 0) is 0 Å². The van der Waals surface area contributed by atoms with Crippen molar-refractivity contribution in [2.75, 3.05) is 37.6 Å². The Morgan fingerprint density at radius 2 is 1.89 bits per heavy atom. The van der Waals surface area contributed by atoms with Crippen LogP contribution in [0.25, 0.3) is 0 Å². The quantitative estimate of drug-likeness (QED) is 0.922. The molecule has 0 atom stereocenters. The highest BCUT2D eigenvalue weighted by Crippen LogP contribution is 2.37. The van der Waals surface area contributed by atoms with E-state index in [1.54, 1.807) is 0 Å². The number of piperazine rings is 1. The monoisotopic (exact) mass is 279 g/mol. The van der Waals surface area contributed by atoms with Crippen LogP contribution in [0.15, 0.2) is 24.3 Å². The topological polar surface area (TPSA) is 32.5 Å². The zero-order valence-corrected chi connectivity index (χ0v) is 12.1. The molecular formula is C15H22ClN3. The predicted molar refractivity (Wildman–Crippen MR) is 80.9 cm³/mol. The third-order valence-corrected chi connectivity index (χ3v) is 5.02. The first-order valence-corrected chi connectivity index (χ1v) is 7.57. The molecule has 19 heavy (non-hydrogen) atoms. The fraction of sp³-hybridized carbons (Fsp3) is 0.600. The van der Waals surface area contributed by atoms with E-state index in [9.17, 15) is 0 Å². The third-order valence-electron chi connectivity index (χ3n) is 4.79. The van der Waals surface area contributed by atoms with E-state index in [-0.39, 0.29) is 0 Å². The lowest BCUT2D eigenvalue weighted by molar-refractivity contribution is 0.0192. The molecule has 0 unspecified atom stereocenters. The molecular weight excluding hydrogens is 258 g/mol. The van der Waals surface area contributed by atoms with Gasteiger partial charge in [0.1, 0.15) is 0 Å². The molecule has 104 valence electrons. The molecule has 1 aromatic carbocycles. The lowest BCUT2D eigenvalue weighted by atomic mass is 9.75. The summed E-state index contributed by atoms with van der Waals surface area (Å²) in [4.78, 5) is 5.03. The van der Waals surface area contributed by atoms with Crippen LogP contribution in [0.3, 0.4) is 0 Å². The average Bonchev–Trinajstić information content (AvgIpc) is 2.39. The van der Waals surface area contributed by atoms with Gasteiger partial charge in [-0.1, -0.05) is 17.7 Å². The molecule has 1 saturated heterocycles. The first-order chi connectivity index (χ1) is 9.23. The second kappa shape index (κ2) is 5.31. The second-order valence-electron chi connectivity index (χ2n) is 5.74. The summed E-state index contributed by atoms with van der Waals surface area (Å²) in [7, 11) is 0. The summed E-state index contributed by atoms with van der Waals surface area (Å²) in [5.74, 6) is 0. The minimum Gasteiger partial charge on any atom is -0.369 e. The van der Waals surface area contributed by atoms with E-state index < -0.39 is 0 Å². The zero-order chi connectivity index (χ0) is 13.3. The van der Waals surface area contributed by atoms with Crippen LogP contribution in [0.4, 0.5) is 5.69 Å². The van der Waals surface area contributed by atoms with Crippen LogP contribution in [-0.4, -0.2) is 43.2 Å². The number of benzene rings is 1. The molecule has 0 aromatic heterocycles. The zero-order valence-electron chi connectivity index (χ0n) is 11.3. The smallest absolute Gasteiger partial charge is 0.0426 e. The summed E-state index contributed by atoms with van der Waals surface area (Å²) in [5.41, 5.74) is 7.55. The SMILES string of the molecule is NCC1(N2CCN(c3cccc(Cl)c3)CC2)CCC1. The number of rotatable bonds is 3. The molecule has 0 bridgehead atoms. The minimum atomic E-state index is 0.320. The van der Waals surface area contributed by atoms with Gasteiger partial charge in [0.25, 0.3) is 0 Å². The third kappa shape index (κ3) is 2.47. The van der Waals surface area contributed by atoms with Crippen molar-refractivity contribution in [3.8, 4) is 0 Å². The highest BCUT2D eigenvalue weighted by molar-refractivity contribution is 6.30. The minimum absolute atomic E-state index is 0.320. The van der Waals surface area contributed by atoms with E-state index in [0.29, 0.717) is 5.54 Å². The molecule has 0 radical (unpaired) electrons. The van der Waals surface area contributed by atoms with Gasteiger partial charge in [0, 0.05) is 49.0 Å². The van der Waals surface area contributed by atoms with E-state index >= 15 is 0 Å². The van der Waals surface area contributed by atoms with Crippen molar-refractivity contribution < 1.29 is 0 Å². The van der Waals surface area contributed by atoms with E-state index in [4.69, 9.17) is 17.3 Å². The van der Waals surface area contributed by atoms with Gasteiger partial charge in [0.05, 0.1) is 0 Å². The fourth-order valence-electron chi connectivity index (χ4n) is 3.35. The van der Waals surface area contributed by atoms with Crippen LogP contribution in [0.2, 0.25) is 5.02 Å². The van der Waals surface area contributed by atoms with Gasteiger partial charge in [-0.15, -0.1) is 0 Å². The van der Waals surface area contributed by atoms with Gasteiger partial charge in [-0.25, -0.2) is 0 Å². The van der Waals surface area contributed by atoms with Crippen LogP contribution in [0.1, 0.15) is 19.3 Å². The first-order valence-electron chi connectivity index (χ1n) is 7.19. The van der Waals surface area contributed by atoms with Crippen LogP contribution in [0, 0.1) is 0 Å². The molecule has 1 saturated carbocycles. The van der Waals surface area contributed by atoms with E-state index in [1.165, 1.54) is 24.9 Å². The Morgan fingerprint density at radius 1 is 1.16 bits per heavy atom. The fourth-order valence-corrected chi connectivity index (χ4v) is 3.53. The van der Waals surface area contributed by atoms with Gasteiger partial charge in [-0.3, -0.25) is 4.90 Å². The van der Waals surface area contributed by atoms with Gasteiger partial charge in [0.15, 0.2) is 0 Å². The van der Waals surface area contributed by atoms with Gasteiger partial charge in [-0.05, 0) is 37.5 Å². The van der Waals surface area contributed by atoms with E-state index in [0.717, 1.165) is 37.7 Å². The maximum atomic E-state index is 6.07. The average molecular weight is 280 g/mol. The lowest BCUT2D eigenvalue weighted by Gasteiger charge is -2.52. The molecule has 4 heteroatoms. The molecule has 1 aliphatic heterocycles. The van der Waals surface area contributed by atoms with Crippen molar-refractivity contribution in [1.29, 1.82) is 0 Å². The summed E-state index contributed by atoms with van der Waals surface area (Å²) in [6, 6.07) is 8.15. The van der Waals surface area contributed by atoms with Crippen LogP contribution >= 0.6 is 11.6 Å². The molecule has 2 aliphatic rings. The molecule has 1 heterocycles. The number of nitrogens with two attached hydrogens (primary N) is 1. The van der Waals surface area contributed by atoms with Gasteiger partial charge in [0.2, 0.25) is 0 Å². The Kier molecular flexibility index (Phi) is 3.70. The normalized spacial score (nSPS) is 23.2. The Bertz CT molecular complexity index is 431. The van der Waals surface area contributed by atoms with Crippen molar-refractivity contribution in [3.05, 3.63) is 29.3 Å². The maximum Gasteiger partial charge on any atom is 0.0426 e. The molecule has 0 spiro atoms. The summed E-state index contributed by atoms with van der Waals surface area (Å²) in [6.45, 7) is 5.18. The molecule has 1 aromatic rings. The maximum absolute atomic E-state index is 6.07. The number of halogens is 1. The second-order valence-corrected chi connectivity index (χ2v) is 6.17. The largest absolute Gasteiger partial charge is 0.369 e. The van der Waals surface area contributed by atoms with Gasteiger partial charge < -0.3 is 10.6 Å². The Balaban J connectivity index is 1.63. The molecule has 3 rings (SSSR count). The van der Waals surface area contributed by atoms with E-state index in [1.807, 2.05) is 12.1 Å². The highest BCUT2D eigenvalue weighted by atomic mass is 35.5. The number of hydrogen-bond donors (Lipinski definition) is 1. The molecule has 3 nitrogen and oxygen atoms in total. The van der Waals surface area contributed by atoms with Gasteiger partial charge in [-0.2, -0.15) is 0 Å². The number of hydrogen-bond acceptors (Lipinski definition) is 3. The Hall–Kier alpha value is -0.770. The number of nitrogens with zero attached hydrogens (tertiary/aromatic N) is 2. The summed E-state index contributed by atoms with van der Waals surface area (Å²) in [6.07, 6.45) is 3.90. The van der Waals surface area contributed by atoms with E-state index in [2.05, 4.69) is 21.9 Å². The van der Waals surface area contributed by atoms with Crippen LogP contribution < -0.4 is 10.6 Å². The Labute approximate surface area is 120 Å². The molecule has 0 amide bonds. The molecule has 1 aliphatic carbocycles. The lowest BCUT2D eigenvalue weighted by Crippen LogP contribution is -2.63. The first kappa shape index (κ1) is 13.2. The standard InChI is InChI=1S/C15H22ClN3/c16-13-3-1-4-14(11-13)18-7-9-19(10-8-18)15(12-17)5-2-6-15/h1,3-4,11H,2,5-10,12,17H2. The van der Waals surface area contributed by atoms with Crippen molar-refractivity contribution in [1.82, 2.24) is 4.90 Å². The molecule has 2 fully saturated rings. The van der Waals surface area contributed by atoms with Crippen LogP contribution in [0.5, 0.6) is 0 Å². The number of anilines is 1. The summed E-state index contributed by atoms with van der Waals surface area (Å²) >= 11 is 6.07. The molecule has 2 N–H and O–H groups in total. The summed E-state index contributed by atoms with van der Waals surface area (Å²) in [5, 5.41) is 0.817. The Morgan fingerprint density at radius 3 is 2.42 bits per heavy atom. The van der Waals surface area contributed by atoms with Gasteiger partial charge >= 0.3 is 0 Å². The van der Waals surface area contributed by atoms with Crippen molar-refractivity contribution in [3.63, 3.8) is 0 Å². The van der Waals surface area contributed by atoms with Crippen molar-refractivity contribution >= 4 is 17.3 Å². The highest BCUT2D eigenvalue weighted by Gasteiger charge is 2.42. The predicted octanol–water partition coefficient (Wildman–Crippen LogP) is 2.34. The van der Waals surface area contributed by atoms with Crippen molar-refractivity contribution in [2.45, 2.75) is 24.8 Å².